The van der Waals surface area contributed by atoms with Gasteiger partial charge in [0, 0.05) is 18.7 Å². The van der Waals surface area contributed by atoms with E-state index in [1.165, 1.54) is 18.9 Å². The Morgan fingerprint density at radius 3 is 2.84 bits per heavy atom. The molecule has 19 heavy (non-hydrogen) atoms. The lowest BCUT2D eigenvalue weighted by atomic mass is 9.98. The van der Waals surface area contributed by atoms with Gasteiger partial charge in [0.25, 0.3) is 0 Å². The first-order chi connectivity index (χ1) is 9.13. The zero-order valence-electron chi connectivity index (χ0n) is 11.9. The van der Waals surface area contributed by atoms with Crippen LogP contribution < -0.4 is 4.90 Å². The highest BCUT2D eigenvalue weighted by Crippen LogP contribution is 2.32. The van der Waals surface area contributed by atoms with Crippen LogP contribution in [0.3, 0.4) is 0 Å². The van der Waals surface area contributed by atoms with E-state index < -0.39 is 6.10 Å². The zero-order valence-corrected chi connectivity index (χ0v) is 11.9. The van der Waals surface area contributed by atoms with E-state index in [-0.39, 0.29) is 5.82 Å². The van der Waals surface area contributed by atoms with E-state index in [4.69, 9.17) is 0 Å². The summed E-state index contributed by atoms with van der Waals surface area (Å²) in [6.07, 6.45) is 4.02. The molecule has 1 N–H and O–H groups in total. The Hall–Kier alpha value is -1.09. The van der Waals surface area contributed by atoms with Gasteiger partial charge >= 0.3 is 0 Å². The Morgan fingerprint density at radius 2 is 2.16 bits per heavy atom. The summed E-state index contributed by atoms with van der Waals surface area (Å²) in [5.74, 6) is 0.542. The van der Waals surface area contributed by atoms with Crippen LogP contribution in [0, 0.1) is 11.7 Å². The first-order valence-electron chi connectivity index (χ1n) is 7.35. The molecule has 2 nitrogen and oxygen atoms in total. The standard InChI is InChI=1S/C16H24FNO/c1-3-13-6-5-10-18(11-9-13)16-14(12(2)19)7-4-8-15(16)17/h4,7-8,12-13,19H,3,5-6,9-11H2,1-2H3. The van der Waals surface area contributed by atoms with Gasteiger partial charge in [-0.3, -0.25) is 0 Å². The molecular weight excluding hydrogens is 241 g/mol. The van der Waals surface area contributed by atoms with Gasteiger partial charge in [-0.1, -0.05) is 25.5 Å². The van der Waals surface area contributed by atoms with E-state index in [1.54, 1.807) is 13.0 Å². The first kappa shape index (κ1) is 14.3. The van der Waals surface area contributed by atoms with Gasteiger partial charge < -0.3 is 10.0 Å². The third kappa shape index (κ3) is 3.27. The molecule has 2 atom stereocenters. The van der Waals surface area contributed by atoms with Crippen molar-refractivity contribution >= 4 is 5.69 Å². The number of benzene rings is 1. The minimum absolute atomic E-state index is 0.214. The number of para-hydroxylation sites is 1. The quantitative estimate of drug-likeness (QED) is 0.896. The molecule has 1 fully saturated rings. The number of anilines is 1. The normalized spacial score (nSPS) is 22.1. The van der Waals surface area contributed by atoms with E-state index in [0.29, 0.717) is 11.3 Å². The average Bonchev–Trinajstić information content (AvgIpc) is 2.63. The number of hydrogen-bond donors (Lipinski definition) is 1. The van der Waals surface area contributed by atoms with Gasteiger partial charge in [0.1, 0.15) is 5.82 Å². The van der Waals surface area contributed by atoms with Crippen LogP contribution in [-0.4, -0.2) is 18.2 Å². The van der Waals surface area contributed by atoms with Gasteiger partial charge in [0.05, 0.1) is 11.8 Å². The van der Waals surface area contributed by atoms with Crippen LogP contribution in [-0.2, 0) is 0 Å². The van der Waals surface area contributed by atoms with Gasteiger partial charge in [-0.05, 0) is 38.2 Å². The van der Waals surface area contributed by atoms with Crippen LogP contribution in [0.2, 0.25) is 0 Å². The van der Waals surface area contributed by atoms with Gasteiger partial charge in [0.15, 0.2) is 0 Å². The smallest absolute Gasteiger partial charge is 0.146 e. The molecule has 0 saturated carbocycles. The van der Waals surface area contributed by atoms with Crippen LogP contribution in [0.4, 0.5) is 10.1 Å². The monoisotopic (exact) mass is 265 g/mol. The summed E-state index contributed by atoms with van der Waals surface area (Å²) in [5, 5.41) is 9.83. The van der Waals surface area contributed by atoms with Crippen LogP contribution in [0.25, 0.3) is 0 Å². The predicted molar refractivity (Wildman–Crippen MR) is 76.9 cm³/mol. The Labute approximate surface area is 115 Å². The highest BCUT2D eigenvalue weighted by molar-refractivity contribution is 5.55. The third-order valence-electron chi connectivity index (χ3n) is 4.21. The maximum absolute atomic E-state index is 14.2. The molecule has 1 saturated heterocycles. The van der Waals surface area contributed by atoms with Gasteiger partial charge in [-0.15, -0.1) is 0 Å². The first-order valence-corrected chi connectivity index (χ1v) is 7.35. The highest BCUT2D eigenvalue weighted by Gasteiger charge is 2.22. The summed E-state index contributed by atoms with van der Waals surface area (Å²) >= 11 is 0. The molecular formula is C16H24FNO. The fraction of sp³-hybridized carbons (Fsp3) is 0.625. The third-order valence-corrected chi connectivity index (χ3v) is 4.21. The molecule has 1 aliphatic rings. The van der Waals surface area contributed by atoms with Crippen molar-refractivity contribution in [2.75, 3.05) is 18.0 Å². The van der Waals surface area contributed by atoms with Crippen molar-refractivity contribution in [1.29, 1.82) is 0 Å². The van der Waals surface area contributed by atoms with Crippen molar-refractivity contribution in [3.05, 3.63) is 29.6 Å². The van der Waals surface area contributed by atoms with Gasteiger partial charge in [-0.25, -0.2) is 4.39 Å². The van der Waals surface area contributed by atoms with Crippen LogP contribution in [0.1, 0.15) is 51.2 Å². The fourth-order valence-corrected chi connectivity index (χ4v) is 3.00. The molecule has 0 bridgehead atoms. The fourth-order valence-electron chi connectivity index (χ4n) is 3.00. The molecule has 3 heteroatoms. The zero-order chi connectivity index (χ0) is 13.8. The number of halogens is 1. The Bertz CT molecular complexity index is 419. The SMILES string of the molecule is CCC1CCCN(c2c(F)cccc2C(C)O)CC1. The molecule has 1 heterocycles. The molecule has 0 aromatic heterocycles. The van der Waals surface area contributed by atoms with Crippen molar-refractivity contribution in [1.82, 2.24) is 0 Å². The second-order valence-electron chi connectivity index (χ2n) is 5.55. The lowest BCUT2D eigenvalue weighted by Crippen LogP contribution is -2.27. The van der Waals surface area contributed by atoms with E-state index in [1.807, 2.05) is 6.07 Å². The molecule has 1 aromatic carbocycles. The molecule has 0 spiro atoms. The van der Waals surface area contributed by atoms with Gasteiger partial charge in [-0.2, -0.15) is 0 Å². The average molecular weight is 265 g/mol. The van der Waals surface area contributed by atoms with Crippen LogP contribution >= 0.6 is 0 Å². The lowest BCUT2D eigenvalue weighted by molar-refractivity contribution is 0.199. The number of nitrogens with zero attached hydrogens (tertiary/aromatic N) is 1. The number of rotatable bonds is 3. The van der Waals surface area contributed by atoms with Crippen molar-refractivity contribution in [3.63, 3.8) is 0 Å². The summed E-state index contributed by atoms with van der Waals surface area (Å²) in [4.78, 5) is 2.12. The molecule has 106 valence electrons. The van der Waals surface area contributed by atoms with Crippen molar-refractivity contribution in [2.45, 2.75) is 45.6 Å². The Kier molecular flexibility index (Phi) is 4.81. The second-order valence-corrected chi connectivity index (χ2v) is 5.55. The molecule has 1 aromatic rings. The van der Waals surface area contributed by atoms with E-state index in [9.17, 15) is 9.50 Å². The molecule has 0 amide bonds. The summed E-state index contributed by atoms with van der Waals surface area (Å²) in [6, 6.07) is 4.99. The van der Waals surface area contributed by atoms with Gasteiger partial charge in [0.2, 0.25) is 0 Å². The number of hydrogen-bond acceptors (Lipinski definition) is 2. The summed E-state index contributed by atoms with van der Waals surface area (Å²) in [5.41, 5.74) is 1.31. The number of aliphatic hydroxyl groups is 1. The van der Waals surface area contributed by atoms with Crippen LogP contribution in [0.15, 0.2) is 18.2 Å². The van der Waals surface area contributed by atoms with E-state index >= 15 is 0 Å². The highest BCUT2D eigenvalue weighted by atomic mass is 19.1. The molecule has 2 unspecified atom stereocenters. The maximum Gasteiger partial charge on any atom is 0.146 e. The van der Waals surface area contributed by atoms with Crippen LogP contribution in [0.5, 0.6) is 0 Å². The summed E-state index contributed by atoms with van der Waals surface area (Å²) < 4.78 is 14.2. The molecule has 2 rings (SSSR count). The number of aliphatic hydroxyl groups excluding tert-OH is 1. The van der Waals surface area contributed by atoms with Crippen molar-refractivity contribution in [2.24, 2.45) is 5.92 Å². The Morgan fingerprint density at radius 1 is 1.37 bits per heavy atom. The van der Waals surface area contributed by atoms with E-state index in [2.05, 4.69) is 11.8 Å². The summed E-state index contributed by atoms with van der Waals surface area (Å²) in [7, 11) is 0. The lowest BCUT2D eigenvalue weighted by Gasteiger charge is -2.27. The summed E-state index contributed by atoms with van der Waals surface area (Å²) in [6.45, 7) is 5.70. The van der Waals surface area contributed by atoms with Crippen molar-refractivity contribution < 1.29 is 9.50 Å². The minimum atomic E-state index is -0.629. The Balaban J connectivity index is 2.25. The molecule has 0 aliphatic carbocycles. The minimum Gasteiger partial charge on any atom is -0.389 e. The maximum atomic E-state index is 14.2. The topological polar surface area (TPSA) is 23.5 Å². The second kappa shape index (κ2) is 6.38. The van der Waals surface area contributed by atoms with E-state index in [0.717, 1.165) is 31.8 Å². The predicted octanol–water partition coefficient (Wildman–Crippen LogP) is 3.90. The largest absolute Gasteiger partial charge is 0.389 e. The molecule has 1 aliphatic heterocycles. The molecule has 0 radical (unpaired) electrons. The van der Waals surface area contributed by atoms with Crippen molar-refractivity contribution in [3.8, 4) is 0 Å².